The molecule has 77 heavy (non-hydrogen) atoms. The Bertz CT molecular complexity index is 2650. The van der Waals surface area contributed by atoms with Crippen molar-refractivity contribution in [3.05, 3.63) is 179 Å². The van der Waals surface area contributed by atoms with Gasteiger partial charge in [0.2, 0.25) is 0 Å². The minimum absolute atomic E-state index is 0.0160. The molecule has 0 aromatic heterocycles. The molecule has 0 radical (unpaired) electrons. The smallest absolute Gasteiger partial charge is 0.120 e. The summed E-state index contributed by atoms with van der Waals surface area (Å²) in [5.74, 6) is 5.69. The third-order valence-corrected chi connectivity index (χ3v) is 23.1. The van der Waals surface area contributed by atoms with Crippen LogP contribution in [0.15, 0.2) is 179 Å². The van der Waals surface area contributed by atoms with Crippen molar-refractivity contribution in [1.82, 2.24) is 10.2 Å². The molecule has 0 amide bonds. The fourth-order valence-corrected chi connectivity index (χ4v) is 19.1. The van der Waals surface area contributed by atoms with E-state index in [1.165, 1.54) is 166 Å². The highest BCUT2D eigenvalue weighted by molar-refractivity contribution is 5.52. The summed E-state index contributed by atoms with van der Waals surface area (Å²) in [5, 5.41) is 4.28. The second kappa shape index (κ2) is 23.1. The third kappa shape index (κ3) is 10.4. The van der Waals surface area contributed by atoms with Gasteiger partial charge in [0.25, 0.3) is 0 Å². The van der Waals surface area contributed by atoms with E-state index < -0.39 is 0 Å². The van der Waals surface area contributed by atoms with Crippen LogP contribution in [0.3, 0.4) is 0 Å². The maximum atomic E-state index is 6.81. The lowest BCUT2D eigenvalue weighted by molar-refractivity contribution is 0.0363. The first-order chi connectivity index (χ1) is 37.9. The van der Waals surface area contributed by atoms with Gasteiger partial charge in [0, 0.05) is 53.9 Å². The van der Waals surface area contributed by atoms with Crippen molar-refractivity contribution in [2.24, 2.45) is 52.3 Å². The van der Waals surface area contributed by atoms with E-state index in [0.717, 1.165) is 36.9 Å². The zero-order chi connectivity index (χ0) is 51.8. The van der Waals surface area contributed by atoms with Crippen molar-refractivity contribution in [3.63, 3.8) is 0 Å². The highest BCUT2D eigenvalue weighted by Gasteiger charge is 2.63. The lowest BCUT2D eigenvalue weighted by Crippen LogP contribution is -2.53. The first-order valence-corrected chi connectivity index (χ1v) is 32.4. The topological polar surface area (TPSA) is 24.5 Å². The van der Waals surface area contributed by atoms with E-state index in [2.05, 4.69) is 145 Å². The lowest BCUT2D eigenvalue weighted by atomic mass is 9.56. The standard InChI is InChI=1S/C74H96N2O/c1-3-52-31-42-66(43-32-52)77-67-44-37-59(38-45-67)74(61-36-33-54-20-10-11-21-56(54)49-61)70-29-13-12-28-68(70)69-46-41-65(51-71(69)74)76(64-27-17-23-58(50-64)53-18-6-4-7-19-53)63-39-34-55(35-40-63)57-22-16-24-60(48-57)73(2)47-15-14-30-72(73)75-62-25-8-5-9-26-62/h3-6,8,11,13,21,23-24,29,31-32,36-37,41-42,44,46,48-49,53-55,62-66,68-72,75H,1,7,9-10,12,14-20,22,25-28,30,33-35,38-40,43,45,47,50-51H2,2H3. The van der Waals surface area contributed by atoms with E-state index >= 15 is 0 Å². The average molecular weight is 1030 g/mol. The quantitative estimate of drug-likeness (QED) is 0.186. The van der Waals surface area contributed by atoms with Crippen molar-refractivity contribution in [1.29, 1.82) is 0 Å². The lowest BCUT2D eigenvalue weighted by Gasteiger charge is -2.52. The van der Waals surface area contributed by atoms with Crippen molar-refractivity contribution in [3.8, 4) is 0 Å². The summed E-state index contributed by atoms with van der Waals surface area (Å²) in [6.45, 7) is 6.66. The van der Waals surface area contributed by atoms with Crippen molar-refractivity contribution in [2.75, 3.05) is 0 Å². The summed E-state index contributed by atoms with van der Waals surface area (Å²) >= 11 is 0. The molecule has 13 rings (SSSR count). The van der Waals surface area contributed by atoms with Gasteiger partial charge in [-0.15, -0.1) is 0 Å². The molecule has 3 fully saturated rings. The van der Waals surface area contributed by atoms with Gasteiger partial charge in [0.05, 0.1) is 5.76 Å². The van der Waals surface area contributed by atoms with Crippen LogP contribution in [0.25, 0.3) is 0 Å². The molecule has 0 heterocycles. The van der Waals surface area contributed by atoms with Crippen molar-refractivity contribution < 1.29 is 4.74 Å². The molecule has 13 unspecified atom stereocenters. The Morgan fingerprint density at radius 1 is 0.636 bits per heavy atom. The monoisotopic (exact) mass is 1030 g/mol. The number of allylic oxidation sites excluding steroid dienone is 23. The maximum Gasteiger partial charge on any atom is 0.120 e. The molecule has 13 atom stereocenters. The summed E-state index contributed by atoms with van der Waals surface area (Å²) in [7, 11) is 0. The van der Waals surface area contributed by atoms with E-state index in [4.69, 9.17) is 4.74 Å². The van der Waals surface area contributed by atoms with Gasteiger partial charge in [-0.25, -0.2) is 0 Å². The average Bonchev–Trinajstić information content (AvgIpc) is 4.07. The molecule has 0 spiro atoms. The van der Waals surface area contributed by atoms with Crippen LogP contribution in [-0.2, 0) is 4.74 Å². The van der Waals surface area contributed by atoms with Crippen LogP contribution < -0.4 is 5.32 Å². The Morgan fingerprint density at radius 2 is 1.51 bits per heavy atom. The van der Waals surface area contributed by atoms with Gasteiger partial charge < -0.3 is 10.1 Å². The summed E-state index contributed by atoms with van der Waals surface area (Å²) in [6.07, 6.45) is 88.8. The first-order valence-electron chi connectivity index (χ1n) is 32.4. The van der Waals surface area contributed by atoms with Crippen LogP contribution in [0.5, 0.6) is 0 Å². The normalized spacial score (nSPS) is 40.6. The van der Waals surface area contributed by atoms with Gasteiger partial charge in [-0.1, -0.05) is 159 Å². The SMILES string of the molecule is C=CC1=CCC(OC2=CC=C(C3(C4=CCC5CCC=CC5=C4)C4C=CCCC4C4C=CC(N(C5CCC(C6=CC(C7(C)CCCCC7NC7CC=CCC7)=CCC6)CC5)C5CCC=C(C6CC=CCC6)C5)CC43)CC2)C=C1. The molecule has 1 N–H and O–H groups in total. The number of ether oxygens (including phenoxy) is 1. The summed E-state index contributed by atoms with van der Waals surface area (Å²) in [6, 6.07) is 2.98. The molecule has 3 saturated carbocycles. The van der Waals surface area contributed by atoms with Gasteiger partial charge >= 0.3 is 0 Å². The summed E-state index contributed by atoms with van der Waals surface area (Å²) in [5.41, 5.74) is 11.7. The Balaban J connectivity index is 0.814. The third-order valence-electron chi connectivity index (χ3n) is 23.1. The highest BCUT2D eigenvalue weighted by Crippen LogP contribution is 2.69. The Morgan fingerprint density at radius 3 is 2.32 bits per heavy atom. The van der Waals surface area contributed by atoms with Gasteiger partial charge in [-0.05, 0) is 230 Å². The molecule has 0 saturated heterocycles. The van der Waals surface area contributed by atoms with Crippen LogP contribution in [0, 0.1) is 52.3 Å². The summed E-state index contributed by atoms with van der Waals surface area (Å²) in [4.78, 5) is 3.27. The van der Waals surface area contributed by atoms with Crippen LogP contribution in [0.1, 0.15) is 187 Å². The van der Waals surface area contributed by atoms with Crippen LogP contribution in [-0.4, -0.2) is 41.2 Å². The Hall–Kier alpha value is -4.18. The molecule has 3 nitrogen and oxygen atoms in total. The molecule has 3 heteroatoms. The van der Waals surface area contributed by atoms with E-state index in [-0.39, 0.29) is 16.9 Å². The Kier molecular flexibility index (Phi) is 15.7. The molecule has 0 aromatic carbocycles. The maximum absolute atomic E-state index is 6.81. The second-order valence-corrected chi connectivity index (χ2v) is 27.1. The minimum atomic E-state index is -0.0160. The second-order valence-electron chi connectivity index (χ2n) is 27.1. The van der Waals surface area contributed by atoms with Crippen molar-refractivity contribution >= 4 is 0 Å². The van der Waals surface area contributed by atoms with Crippen LogP contribution >= 0.6 is 0 Å². The van der Waals surface area contributed by atoms with Crippen LogP contribution in [0.4, 0.5) is 0 Å². The molecule has 0 bridgehead atoms. The first kappa shape index (κ1) is 52.2. The highest BCUT2D eigenvalue weighted by atomic mass is 16.5. The predicted octanol–water partition coefficient (Wildman–Crippen LogP) is 18.4. The van der Waals surface area contributed by atoms with Gasteiger partial charge in [-0.3, -0.25) is 4.90 Å². The number of hydrogen-bond donors (Lipinski definition) is 1. The fraction of sp³-hybridized carbons (Fsp3) is 0.595. The van der Waals surface area contributed by atoms with E-state index in [9.17, 15) is 0 Å². The molecule has 13 aliphatic carbocycles. The molecule has 408 valence electrons. The van der Waals surface area contributed by atoms with Crippen molar-refractivity contribution in [2.45, 2.75) is 223 Å². The van der Waals surface area contributed by atoms with E-state index in [0.29, 0.717) is 59.8 Å². The predicted molar refractivity (Wildman–Crippen MR) is 323 cm³/mol. The number of nitrogens with zero attached hydrogens (tertiary/aromatic N) is 1. The Labute approximate surface area is 466 Å². The molecule has 0 aromatic rings. The van der Waals surface area contributed by atoms with E-state index in [1.807, 2.05) is 6.08 Å². The number of hydrogen-bond acceptors (Lipinski definition) is 3. The fourth-order valence-electron chi connectivity index (χ4n) is 19.1. The van der Waals surface area contributed by atoms with Crippen LogP contribution in [0.2, 0.25) is 0 Å². The molecular weight excluding hydrogens is 933 g/mol. The van der Waals surface area contributed by atoms with E-state index in [1.54, 1.807) is 33.4 Å². The zero-order valence-electron chi connectivity index (χ0n) is 47.5. The number of nitrogens with one attached hydrogen (secondary N) is 1. The summed E-state index contributed by atoms with van der Waals surface area (Å²) < 4.78 is 6.81. The van der Waals surface area contributed by atoms with Gasteiger partial charge in [-0.2, -0.15) is 0 Å². The molecule has 13 aliphatic rings. The zero-order valence-corrected chi connectivity index (χ0v) is 47.5. The minimum Gasteiger partial charge on any atom is -0.490 e. The van der Waals surface area contributed by atoms with Gasteiger partial charge in [0.1, 0.15) is 6.10 Å². The largest absolute Gasteiger partial charge is 0.490 e. The number of rotatable bonds is 13. The molecular formula is C74H96N2O. The molecule has 0 aliphatic heterocycles. The number of fused-ring (bicyclic) bond motifs is 4. The van der Waals surface area contributed by atoms with Gasteiger partial charge in [0.15, 0.2) is 0 Å².